The van der Waals surface area contributed by atoms with E-state index in [0.29, 0.717) is 6.61 Å². The minimum Gasteiger partial charge on any atom is -0.458 e. The summed E-state index contributed by atoms with van der Waals surface area (Å²) in [6, 6.07) is 0. The van der Waals surface area contributed by atoms with Crippen LogP contribution in [0.5, 0.6) is 0 Å². The van der Waals surface area contributed by atoms with Crippen LogP contribution < -0.4 is 0 Å². The molecule has 0 aliphatic rings. The topological polar surface area (TPSA) is 61.3 Å². The third-order valence-electron chi connectivity index (χ3n) is 1.68. The summed E-state index contributed by atoms with van der Waals surface area (Å²) in [5.41, 5.74) is -0.114. The normalized spacial score (nSPS) is 11.3. The van der Waals surface area contributed by atoms with Gasteiger partial charge in [-0.2, -0.15) is 0 Å². The van der Waals surface area contributed by atoms with Crippen LogP contribution in [0.4, 0.5) is 0 Å². The van der Waals surface area contributed by atoms with Gasteiger partial charge in [0.15, 0.2) is 5.69 Å². The Hall–Kier alpha value is -1.20. The molecule has 0 bridgehead atoms. The predicted molar refractivity (Wildman–Crippen MR) is 63.0 cm³/mol. The first-order valence-corrected chi connectivity index (χ1v) is 5.55. The molecule has 1 aromatic rings. The lowest BCUT2D eigenvalue weighted by atomic mass is 10.2. The van der Waals surface area contributed by atoms with Gasteiger partial charge in [-0.15, -0.1) is 0 Å². The van der Waals surface area contributed by atoms with Crippen LogP contribution in [0.25, 0.3) is 0 Å². The van der Waals surface area contributed by atoms with E-state index in [1.54, 1.807) is 0 Å². The van der Waals surface area contributed by atoms with Gasteiger partial charge in [-0.25, -0.2) is 14.8 Å². The van der Waals surface area contributed by atoms with E-state index in [0.717, 1.165) is 0 Å². The fourth-order valence-electron chi connectivity index (χ4n) is 0.974. The first-order chi connectivity index (χ1) is 7.88. The van der Waals surface area contributed by atoms with Gasteiger partial charge in [-0.1, -0.05) is 11.6 Å². The number of ether oxygens (including phenoxy) is 2. The number of hydrogen-bond donors (Lipinski definition) is 0. The van der Waals surface area contributed by atoms with Gasteiger partial charge in [0.05, 0.1) is 24.6 Å². The second kappa shape index (κ2) is 5.93. The van der Waals surface area contributed by atoms with Gasteiger partial charge < -0.3 is 9.47 Å². The van der Waals surface area contributed by atoms with Gasteiger partial charge in [0.25, 0.3) is 0 Å². The highest BCUT2D eigenvalue weighted by atomic mass is 35.5. The summed E-state index contributed by atoms with van der Waals surface area (Å²) in [4.78, 5) is 19.0. The van der Waals surface area contributed by atoms with Crippen LogP contribution in [0, 0.1) is 0 Å². The van der Waals surface area contributed by atoms with Gasteiger partial charge in [0.1, 0.15) is 11.8 Å². The predicted octanol–water partition coefficient (Wildman–Crippen LogP) is 2.10. The zero-order valence-corrected chi connectivity index (χ0v) is 10.8. The molecule has 0 spiro atoms. The Labute approximate surface area is 105 Å². The van der Waals surface area contributed by atoms with E-state index in [2.05, 4.69) is 9.97 Å². The number of esters is 1. The first kappa shape index (κ1) is 13.9. The van der Waals surface area contributed by atoms with Crippen molar-refractivity contribution >= 4 is 17.6 Å². The minimum atomic E-state index is -0.535. The number of rotatable bonds is 4. The summed E-state index contributed by atoms with van der Waals surface area (Å²) in [5, 5.41) is 0.234. The van der Waals surface area contributed by atoms with E-state index in [-0.39, 0.29) is 23.1 Å². The lowest BCUT2D eigenvalue weighted by molar-refractivity contribution is -0.0283. The molecule has 0 radical (unpaired) electrons. The third kappa shape index (κ3) is 5.60. The molecule has 0 unspecified atom stereocenters. The molecule has 1 heterocycles. The number of halogens is 1. The van der Waals surface area contributed by atoms with Crippen LogP contribution in [-0.4, -0.2) is 34.8 Å². The van der Waals surface area contributed by atoms with Crippen LogP contribution in [0.2, 0.25) is 5.15 Å². The summed E-state index contributed by atoms with van der Waals surface area (Å²) in [7, 11) is 0. The SMILES string of the molecule is CC(C)(C)OCCOC(=O)c1cnc(Cl)cn1. The average Bonchev–Trinajstić information content (AvgIpc) is 2.24. The zero-order chi connectivity index (χ0) is 12.9. The van der Waals surface area contributed by atoms with Crippen molar-refractivity contribution in [2.45, 2.75) is 26.4 Å². The standard InChI is InChI=1S/C11H15ClN2O3/c1-11(2,3)17-5-4-16-10(15)8-6-14-9(12)7-13-8/h6-7H,4-5H2,1-3H3. The highest BCUT2D eigenvalue weighted by molar-refractivity contribution is 6.29. The van der Waals surface area contributed by atoms with Crippen LogP contribution in [0.15, 0.2) is 12.4 Å². The molecule has 6 heteroatoms. The van der Waals surface area contributed by atoms with E-state index in [9.17, 15) is 4.79 Å². The van der Waals surface area contributed by atoms with Crippen molar-refractivity contribution in [3.63, 3.8) is 0 Å². The highest BCUT2D eigenvalue weighted by Crippen LogP contribution is 2.06. The van der Waals surface area contributed by atoms with Gasteiger partial charge in [-0.3, -0.25) is 0 Å². The monoisotopic (exact) mass is 258 g/mol. The number of nitrogens with zero attached hydrogens (tertiary/aromatic N) is 2. The molecule has 0 aromatic carbocycles. The quantitative estimate of drug-likeness (QED) is 0.611. The lowest BCUT2D eigenvalue weighted by Gasteiger charge is -2.19. The van der Waals surface area contributed by atoms with E-state index < -0.39 is 5.97 Å². The van der Waals surface area contributed by atoms with Crippen molar-refractivity contribution in [1.29, 1.82) is 0 Å². The Bertz CT molecular complexity index is 373. The molecule has 0 N–H and O–H groups in total. The van der Waals surface area contributed by atoms with Crippen molar-refractivity contribution in [1.82, 2.24) is 9.97 Å². The van der Waals surface area contributed by atoms with Crippen molar-refractivity contribution in [2.75, 3.05) is 13.2 Å². The first-order valence-electron chi connectivity index (χ1n) is 5.17. The second-order valence-corrected chi connectivity index (χ2v) is 4.71. The average molecular weight is 259 g/mol. The number of carbonyl (C=O) groups excluding carboxylic acids is 1. The fraction of sp³-hybridized carbons (Fsp3) is 0.545. The molecular formula is C11H15ClN2O3. The largest absolute Gasteiger partial charge is 0.458 e. The molecule has 0 saturated carbocycles. The smallest absolute Gasteiger partial charge is 0.358 e. The Morgan fingerprint density at radius 3 is 2.53 bits per heavy atom. The summed E-state index contributed by atoms with van der Waals surface area (Å²) in [6.45, 7) is 6.31. The number of carbonyl (C=O) groups is 1. The van der Waals surface area contributed by atoms with Gasteiger partial charge in [-0.05, 0) is 20.8 Å². The second-order valence-electron chi connectivity index (χ2n) is 4.32. The summed E-state index contributed by atoms with van der Waals surface area (Å²) < 4.78 is 10.4. The van der Waals surface area contributed by atoms with Gasteiger partial charge >= 0.3 is 5.97 Å². The zero-order valence-electron chi connectivity index (χ0n) is 10.1. The van der Waals surface area contributed by atoms with Gasteiger partial charge in [0.2, 0.25) is 0 Å². The van der Waals surface area contributed by atoms with Crippen molar-refractivity contribution in [3.8, 4) is 0 Å². The Kier molecular flexibility index (Phi) is 4.84. The van der Waals surface area contributed by atoms with E-state index in [1.165, 1.54) is 12.4 Å². The maximum Gasteiger partial charge on any atom is 0.358 e. The molecule has 94 valence electrons. The molecule has 1 rings (SSSR count). The van der Waals surface area contributed by atoms with E-state index in [1.807, 2.05) is 20.8 Å². The van der Waals surface area contributed by atoms with Crippen LogP contribution >= 0.6 is 11.6 Å². The Morgan fingerprint density at radius 2 is 2.00 bits per heavy atom. The summed E-state index contributed by atoms with van der Waals surface area (Å²) in [5.74, 6) is -0.535. The fourth-order valence-corrected chi connectivity index (χ4v) is 1.07. The van der Waals surface area contributed by atoms with E-state index >= 15 is 0 Å². The molecule has 5 nitrogen and oxygen atoms in total. The molecule has 0 aliphatic heterocycles. The molecule has 1 aromatic heterocycles. The number of aromatic nitrogens is 2. The molecular weight excluding hydrogens is 244 g/mol. The Balaban J connectivity index is 2.33. The van der Waals surface area contributed by atoms with Crippen LogP contribution in [-0.2, 0) is 9.47 Å². The van der Waals surface area contributed by atoms with Gasteiger partial charge in [0, 0.05) is 0 Å². The van der Waals surface area contributed by atoms with Crippen molar-refractivity contribution < 1.29 is 14.3 Å². The highest BCUT2D eigenvalue weighted by Gasteiger charge is 2.12. The molecule has 0 fully saturated rings. The molecule has 17 heavy (non-hydrogen) atoms. The molecule has 0 aliphatic carbocycles. The lowest BCUT2D eigenvalue weighted by Crippen LogP contribution is -2.22. The molecule has 0 atom stereocenters. The van der Waals surface area contributed by atoms with Crippen molar-refractivity contribution in [2.24, 2.45) is 0 Å². The Morgan fingerprint density at radius 1 is 1.29 bits per heavy atom. The van der Waals surface area contributed by atoms with Crippen LogP contribution in [0.3, 0.4) is 0 Å². The molecule has 0 saturated heterocycles. The summed E-state index contributed by atoms with van der Waals surface area (Å²) in [6.07, 6.45) is 2.57. The van der Waals surface area contributed by atoms with E-state index in [4.69, 9.17) is 21.1 Å². The van der Waals surface area contributed by atoms with Crippen molar-refractivity contribution in [3.05, 3.63) is 23.2 Å². The maximum atomic E-state index is 11.5. The summed E-state index contributed by atoms with van der Waals surface area (Å²) >= 11 is 5.55. The minimum absolute atomic E-state index is 0.130. The van der Waals surface area contributed by atoms with Crippen LogP contribution in [0.1, 0.15) is 31.3 Å². The third-order valence-corrected chi connectivity index (χ3v) is 1.88. The number of hydrogen-bond acceptors (Lipinski definition) is 5. The maximum absolute atomic E-state index is 11.5. The molecule has 0 amide bonds.